The van der Waals surface area contributed by atoms with Crippen molar-refractivity contribution >= 4 is 39.3 Å². The first-order valence-electron chi connectivity index (χ1n) is 8.28. The average Bonchev–Trinajstić information content (AvgIpc) is 2.67. The van der Waals surface area contributed by atoms with Crippen molar-refractivity contribution in [2.75, 3.05) is 44.8 Å². The van der Waals surface area contributed by atoms with E-state index in [0.717, 1.165) is 10.2 Å². The van der Waals surface area contributed by atoms with Crippen LogP contribution in [-0.4, -0.2) is 55.2 Å². The molecule has 3 rings (SSSR count). The molecule has 0 aliphatic carbocycles. The molecule has 6 nitrogen and oxygen atoms in total. The van der Waals surface area contributed by atoms with Gasteiger partial charge in [-0.25, -0.2) is 4.98 Å². The molecule has 0 bridgehead atoms. The number of carbonyl (C=O) groups is 1. The van der Waals surface area contributed by atoms with E-state index in [0.29, 0.717) is 55.9 Å². The summed E-state index contributed by atoms with van der Waals surface area (Å²) in [6.07, 6.45) is 1.54. The summed E-state index contributed by atoms with van der Waals surface area (Å²) in [5.41, 5.74) is 0.480. The molecule has 2 aromatic rings. The second-order valence-electron chi connectivity index (χ2n) is 5.69. The zero-order chi connectivity index (χ0) is 18.4. The molecule has 1 aliphatic rings. The molecule has 138 valence electrons. The third kappa shape index (κ3) is 5.09. The van der Waals surface area contributed by atoms with Gasteiger partial charge in [-0.1, -0.05) is 27.5 Å². The third-order valence-electron chi connectivity index (χ3n) is 3.86. The molecule has 0 unspecified atom stereocenters. The average molecular weight is 441 g/mol. The van der Waals surface area contributed by atoms with Gasteiger partial charge in [0.25, 0.3) is 5.91 Å². The molecule has 1 N–H and O–H groups in total. The van der Waals surface area contributed by atoms with Crippen molar-refractivity contribution in [2.45, 2.75) is 0 Å². The normalized spacial score (nSPS) is 14.2. The lowest BCUT2D eigenvalue weighted by Gasteiger charge is -2.26. The number of rotatable bonds is 6. The largest absolute Gasteiger partial charge is 0.492 e. The first kappa shape index (κ1) is 18.9. The van der Waals surface area contributed by atoms with Gasteiger partial charge in [-0.15, -0.1) is 0 Å². The first-order chi connectivity index (χ1) is 12.6. The van der Waals surface area contributed by atoms with Crippen molar-refractivity contribution < 1.29 is 14.3 Å². The van der Waals surface area contributed by atoms with E-state index >= 15 is 0 Å². The predicted molar refractivity (Wildman–Crippen MR) is 104 cm³/mol. The highest BCUT2D eigenvalue weighted by Gasteiger charge is 2.19. The van der Waals surface area contributed by atoms with Gasteiger partial charge in [0.1, 0.15) is 18.2 Å². The van der Waals surface area contributed by atoms with E-state index in [1.807, 2.05) is 24.3 Å². The number of pyridine rings is 1. The van der Waals surface area contributed by atoms with Crippen LogP contribution in [0.2, 0.25) is 5.02 Å². The van der Waals surface area contributed by atoms with E-state index in [-0.39, 0.29) is 5.91 Å². The van der Waals surface area contributed by atoms with Crippen molar-refractivity contribution in [2.24, 2.45) is 0 Å². The monoisotopic (exact) mass is 439 g/mol. The Morgan fingerprint density at radius 2 is 2.04 bits per heavy atom. The van der Waals surface area contributed by atoms with Gasteiger partial charge in [-0.3, -0.25) is 4.79 Å². The quantitative estimate of drug-likeness (QED) is 0.697. The highest BCUT2D eigenvalue weighted by atomic mass is 79.9. The van der Waals surface area contributed by atoms with Crippen LogP contribution in [0.15, 0.2) is 41.0 Å². The number of benzene rings is 1. The molecule has 0 saturated carbocycles. The van der Waals surface area contributed by atoms with Gasteiger partial charge in [0.2, 0.25) is 0 Å². The van der Waals surface area contributed by atoms with E-state index in [2.05, 4.69) is 26.2 Å². The van der Waals surface area contributed by atoms with Gasteiger partial charge in [-0.05, 0) is 30.3 Å². The number of hydrogen-bond acceptors (Lipinski definition) is 5. The lowest BCUT2D eigenvalue weighted by Crippen LogP contribution is -2.40. The summed E-state index contributed by atoms with van der Waals surface area (Å²) in [4.78, 5) is 18.4. The van der Waals surface area contributed by atoms with Crippen molar-refractivity contribution in [1.29, 1.82) is 0 Å². The number of carbonyl (C=O) groups excluding carboxylic acids is 1. The number of aromatic nitrogens is 1. The van der Waals surface area contributed by atoms with Crippen LogP contribution in [0.5, 0.6) is 5.75 Å². The smallest absolute Gasteiger partial charge is 0.255 e. The third-order valence-corrected chi connectivity index (χ3v) is 4.68. The van der Waals surface area contributed by atoms with Gasteiger partial charge in [0.15, 0.2) is 0 Å². The van der Waals surface area contributed by atoms with Crippen LogP contribution >= 0.6 is 27.5 Å². The molecule has 8 heteroatoms. The molecule has 1 saturated heterocycles. The Labute approximate surface area is 165 Å². The van der Waals surface area contributed by atoms with Gasteiger partial charge in [-0.2, -0.15) is 0 Å². The van der Waals surface area contributed by atoms with Crippen LogP contribution in [0.1, 0.15) is 10.4 Å². The SMILES string of the molecule is O=C(c1cnc(NCCOc2ccc(Br)cc2)c(Cl)c1)N1CCOCC1. The van der Waals surface area contributed by atoms with Crippen molar-refractivity contribution in [3.8, 4) is 5.75 Å². The molecule has 1 amide bonds. The summed E-state index contributed by atoms with van der Waals surface area (Å²) in [5.74, 6) is 1.25. The molecule has 1 aromatic heterocycles. The van der Waals surface area contributed by atoms with Gasteiger partial charge < -0.3 is 19.7 Å². The van der Waals surface area contributed by atoms with E-state index in [1.54, 1.807) is 17.2 Å². The van der Waals surface area contributed by atoms with Crippen LogP contribution in [0.4, 0.5) is 5.82 Å². The van der Waals surface area contributed by atoms with E-state index in [1.165, 1.54) is 0 Å². The topological polar surface area (TPSA) is 63.7 Å². The van der Waals surface area contributed by atoms with E-state index < -0.39 is 0 Å². The molecular formula is C18H19BrClN3O3. The number of amides is 1. The van der Waals surface area contributed by atoms with Crippen LogP contribution in [0.25, 0.3) is 0 Å². The standard InChI is InChI=1S/C18H19BrClN3O3/c19-14-1-3-15(4-2-14)26-8-5-21-17-16(20)11-13(12-22-17)18(24)23-6-9-25-10-7-23/h1-4,11-12H,5-10H2,(H,21,22). The fourth-order valence-electron chi connectivity index (χ4n) is 2.50. The fraction of sp³-hybridized carbons (Fsp3) is 0.333. The Kier molecular flexibility index (Phi) is 6.71. The molecule has 26 heavy (non-hydrogen) atoms. The minimum atomic E-state index is -0.0761. The second-order valence-corrected chi connectivity index (χ2v) is 7.01. The van der Waals surface area contributed by atoms with Crippen LogP contribution in [-0.2, 0) is 4.74 Å². The molecular weight excluding hydrogens is 422 g/mol. The Balaban J connectivity index is 1.50. The van der Waals surface area contributed by atoms with E-state index in [9.17, 15) is 4.79 Å². The Morgan fingerprint density at radius 1 is 1.31 bits per heavy atom. The molecule has 0 radical (unpaired) electrons. The molecule has 2 heterocycles. The maximum Gasteiger partial charge on any atom is 0.255 e. The number of halogens is 2. The predicted octanol–water partition coefficient (Wildman–Crippen LogP) is 3.46. The minimum Gasteiger partial charge on any atom is -0.492 e. The fourth-order valence-corrected chi connectivity index (χ4v) is 3.00. The van der Waals surface area contributed by atoms with Crippen molar-refractivity contribution in [1.82, 2.24) is 9.88 Å². The number of ether oxygens (including phenoxy) is 2. The lowest BCUT2D eigenvalue weighted by molar-refractivity contribution is 0.0302. The van der Waals surface area contributed by atoms with Crippen molar-refractivity contribution in [3.05, 3.63) is 51.6 Å². The summed E-state index contributed by atoms with van der Waals surface area (Å²) in [7, 11) is 0. The zero-order valence-electron chi connectivity index (χ0n) is 14.1. The number of anilines is 1. The number of nitrogens with one attached hydrogen (secondary N) is 1. The summed E-state index contributed by atoms with van der Waals surface area (Å²) in [6.45, 7) is 3.30. The highest BCUT2D eigenvalue weighted by molar-refractivity contribution is 9.10. The van der Waals surface area contributed by atoms with Gasteiger partial charge in [0, 0.05) is 23.8 Å². The van der Waals surface area contributed by atoms with E-state index in [4.69, 9.17) is 21.1 Å². The molecule has 0 atom stereocenters. The molecule has 1 fully saturated rings. The molecule has 0 spiro atoms. The minimum absolute atomic E-state index is 0.0761. The Bertz CT molecular complexity index is 752. The number of morpholine rings is 1. The molecule has 1 aromatic carbocycles. The Hall–Kier alpha value is -1.83. The maximum atomic E-state index is 12.4. The first-order valence-corrected chi connectivity index (χ1v) is 9.45. The summed E-state index contributed by atoms with van der Waals surface area (Å²) < 4.78 is 11.9. The second kappa shape index (κ2) is 9.21. The summed E-state index contributed by atoms with van der Waals surface area (Å²) in [5, 5.41) is 3.53. The molecule has 1 aliphatic heterocycles. The van der Waals surface area contributed by atoms with Gasteiger partial charge >= 0.3 is 0 Å². The van der Waals surface area contributed by atoms with Crippen LogP contribution in [0.3, 0.4) is 0 Å². The van der Waals surface area contributed by atoms with Crippen LogP contribution in [0, 0.1) is 0 Å². The number of nitrogens with zero attached hydrogens (tertiary/aromatic N) is 2. The summed E-state index contributed by atoms with van der Waals surface area (Å²) in [6, 6.07) is 9.27. The van der Waals surface area contributed by atoms with Crippen molar-refractivity contribution in [3.63, 3.8) is 0 Å². The summed E-state index contributed by atoms with van der Waals surface area (Å²) >= 11 is 9.64. The highest BCUT2D eigenvalue weighted by Crippen LogP contribution is 2.21. The number of hydrogen-bond donors (Lipinski definition) is 1. The van der Waals surface area contributed by atoms with Gasteiger partial charge in [0.05, 0.1) is 30.3 Å². The van der Waals surface area contributed by atoms with Crippen LogP contribution < -0.4 is 10.1 Å². The maximum absolute atomic E-state index is 12.4. The zero-order valence-corrected chi connectivity index (χ0v) is 16.4. The Morgan fingerprint density at radius 3 is 2.73 bits per heavy atom. The lowest BCUT2D eigenvalue weighted by atomic mass is 10.2.